The van der Waals surface area contributed by atoms with Crippen LogP contribution in [0.15, 0.2) is 12.4 Å². The Morgan fingerprint density at radius 2 is 1.84 bits per heavy atom. The second kappa shape index (κ2) is 6.49. The molecular formula is C13H20N4O2. The van der Waals surface area contributed by atoms with Gasteiger partial charge in [0.15, 0.2) is 0 Å². The number of nitrogens with one attached hydrogen (secondary N) is 1. The maximum atomic E-state index is 5.16. The number of aromatic amines is 1. The smallest absolute Gasteiger partial charge is 0.143 e. The summed E-state index contributed by atoms with van der Waals surface area (Å²) in [6, 6.07) is 2.07. The van der Waals surface area contributed by atoms with Crippen LogP contribution in [0, 0.1) is 6.92 Å². The molecule has 0 saturated carbocycles. The lowest BCUT2D eigenvalue weighted by atomic mass is 10.3. The minimum absolute atomic E-state index is 0.651. The number of anilines is 1. The molecule has 0 spiro atoms. The monoisotopic (exact) mass is 264 g/mol. The van der Waals surface area contributed by atoms with E-state index in [0.717, 1.165) is 35.6 Å². The Kier molecular flexibility index (Phi) is 4.70. The maximum Gasteiger partial charge on any atom is 0.143 e. The topological polar surface area (TPSA) is 63.3 Å². The molecule has 2 aromatic heterocycles. The molecule has 0 aliphatic carbocycles. The van der Waals surface area contributed by atoms with Crippen LogP contribution in [0.1, 0.15) is 5.69 Å². The minimum atomic E-state index is 0.651. The summed E-state index contributed by atoms with van der Waals surface area (Å²) in [6.07, 6.45) is 1.58. The van der Waals surface area contributed by atoms with E-state index < -0.39 is 0 Å². The van der Waals surface area contributed by atoms with Gasteiger partial charge >= 0.3 is 0 Å². The van der Waals surface area contributed by atoms with Crippen LogP contribution in [0.3, 0.4) is 0 Å². The first-order valence-corrected chi connectivity index (χ1v) is 6.29. The number of ether oxygens (including phenoxy) is 2. The Labute approximate surface area is 112 Å². The molecule has 0 saturated heterocycles. The van der Waals surface area contributed by atoms with E-state index in [1.54, 1.807) is 20.5 Å². The Balaban J connectivity index is 2.30. The lowest BCUT2D eigenvalue weighted by Gasteiger charge is -2.23. The standard InChI is InChI=1S/C13H20N4O2/c1-10-8-11-12(16-10)14-9-15-13(11)17(4-6-18-2)5-7-19-3/h8-9H,4-7H2,1-3H3,(H,14,15,16). The lowest BCUT2D eigenvalue weighted by Crippen LogP contribution is -2.31. The maximum absolute atomic E-state index is 5.16. The van der Waals surface area contributed by atoms with Crippen molar-refractivity contribution in [2.75, 3.05) is 45.4 Å². The SMILES string of the molecule is COCCN(CCOC)c1ncnc2[nH]c(C)cc12. The molecule has 0 unspecified atom stereocenters. The number of hydrogen-bond acceptors (Lipinski definition) is 5. The van der Waals surface area contributed by atoms with E-state index in [2.05, 4.69) is 25.9 Å². The second-order valence-corrected chi connectivity index (χ2v) is 4.38. The summed E-state index contributed by atoms with van der Waals surface area (Å²) in [5.41, 5.74) is 1.94. The summed E-state index contributed by atoms with van der Waals surface area (Å²) in [4.78, 5) is 14.0. The third-order valence-electron chi connectivity index (χ3n) is 2.97. The molecule has 104 valence electrons. The highest BCUT2D eigenvalue weighted by molar-refractivity contribution is 5.88. The second-order valence-electron chi connectivity index (χ2n) is 4.38. The molecule has 0 bridgehead atoms. The summed E-state index contributed by atoms with van der Waals surface area (Å²) in [5.74, 6) is 0.920. The van der Waals surface area contributed by atoms with Crippen LogP contribution >= 0.6 is 0 Å². The van der Waals surface area contributed by atoms with Gasteiger partial charge in [0, 0.05) is 33.0 Å². The quantitative estimate of drug-likeness (QED) is 0.818. The molecule has 0 aliphatic heterocycles. The molecule has 19 heavy (non-hydrogen) atoms. The molecular weight excluding hydrogens is 244 g/mol. The van der Waals surface area contributed by atoms with Crippen LogP contribution in [0.25, 0.3) is 11.0 Å². The van der Waals surface area contributed by atoms with Gasteiger partial charge in [0.2, 0.25) is 0 Å². The number of nitrogens with zero attached hydrogens (tertiary/aromatic N) is 3. The van der Waals surface area contributed by atoms with Gasteiger partial charge in [-0.15, -0.1) is 0 Å². The van der Waals surface area contributed by atoms with E-state index in [9.17, 15) is 0 Å². The van der Waals surface area contributed by atoms with Crippen molar-refractivity contribution in [1.29, 1.82) is 0 Å². The molecule has 0 amide bonds. The molecule has 0 aromatic carbocycles. The van der Waals surface area contributed by atoms with E-state index in [-0.39, 0.29) is 0 Å². The number of hydrogen-bond donors (Lipinski definition) is 1. The summed E-state index contributed by atoms with van der Waals surface area (Å²) in [5, 5.41) is 1.03. The van der Waals surface area contributed by atoms with Gasteiger partial charge in [-0.2, -0.15) is 0 Å². The van der Waals surface area contributed by atoms with Crippen molar-refractivity contribution in [1.82, 2.24) is 15.0 Å². The van der Waals surface area contributed by atoms with Crippen molar-refractivity contribution in [2.24, 2.45) is 0 Å². The molecule has 1 N–H and O–H groups in total. The number of aromatic nitrogens is 3. The van der Waals surface area contributed by atoms with Gasteiger partial charge in [-0.05, 0) is 13.0 Å². The number of rotatable bonds is 7. The van der Waals surface area contributed by atoms with E-state index in [1.165, 1.54) is 0 Å². The predicted octanol–water partition coefficient (Wildman–Crippen LogP) is 1.37. The molecule has 2 aromatic rings. The molecule has 0 atom stereocenters. The third kappa shape index (κ3) is 3.21. The highest BCUT2D eigenvalue weighted by Crippen LogP contribution is 2.23. The zero-order valence-corrected chi connectivity index (χ0v) is 11.6. The van der Waals surface area contributed by atoms with Crippen LogP contribution < -0.4 is 4.90 Å². The fourth-order valence-electron chi connectivity index (χ4n) is 2.04. The fraction of sp³-hybridized carbons (Fsp3) is 0.538. The van der Waals surface area contributed by atoms with Crippen molar-refractivity contribution >= 4 is 16.9 Å². The minimum Gasteiger partial charge on any atom is -0.383 e. The molecule has 0 radical (unpaired) electrons. The Bertz CT molecular complexity index is 518. The van der Waals surface area contributed by atoms with Crippen molar-refractivity contribution in [3.05, 3.63) is 18.1 Å². The van der Waals surface area contributed by atoms with Crippen molar-refractivity contribution in [2.45, 2.75) is 6.92 Å². The van der Waals surface area contributed by atoms with Gasteiger partial charge in [-0.3, -0.25) is 0 Å². The van der Waals surface area contributed by atoms with Crippen molar-refractivity contribution in [3.63, 3.8) is 0 Å². The first kappa shape index (κ1) is 13.8. The zero-order chi connectivity index (χ0) is 13.7. The average Bonchev–Trinajstić information content (AvgIpc) is 2.79. The first-order valence-electron chi connectivity index (χ1n) is 6.29. The van der Waals surface area contributed by atoms with Gasteiger partial charge in [-0.25, -0.2) is 9.97 Å². The van der Waals surface area contributed by atoms with Gasteiger partial charge in [-0.1, -0.05) is 0 Å². The molecule has 0 fully saturated rings. The Morgan fingerprint density at radius 1 is 1.16 bits per heavy atom. The van der Waals surface area contributed by atoms with Gasteiger partial charge in [0.1, 0.15) is 17.8 Å². The zero-order valence-electron chi connectivity index (χ0n) is 11.6. The summed E-state index contributed by atoms with van der Waals surface area (Å²) in [7, 11) is 3.40. The van der Waals surface area contributed by atoms with Crippen molar-refractivity contribution in [3.8, 4) is 0 Å². The molecule has 2 rings (SSSR count). The van der Waals surface area contributed by atoms with Crippen LogP contribution in [-0.4, -0.2) is 55.5 Å². The molecule has 6 heteroatoms. The van der Waals surface area contributed by atoms with Crippen molar-refractivity contribution < 1.29 is 9.47 Å². The van der Waals surface area contributed by atoms with Gasteiger partial charge in [0.05, 0.1) is 18.6 Å². The summed E-state index contributed by atoms with van der Waals surface area (Å²) in [6.45, 7) is 4.86. The van der Waals surface area contributed by atoms with Crippen LogP contribution in [0.2, 0.25) is 0 Å². The highest BCUT2D eigenvalue weighted by atomic mass is 16.5. The van der Waals surface area contributed by atoms with Gasteiger partial charge in [0.25, 0.3) is 0 Å². The van der Waals surface area contributed by atoms with Crippen LogP contribution in [0.5, 0.6) is 0 Å². The lowest BCUT2D eigenvalue weighted by molar-refractivity contribution is 0.190. The summed E-state index contributed by atoms with van der Waals surface area (Å²) >= 11 is 0. The number of aryl methyl sites for hydroxylation is 1. The van der Waals surface area contributed by atoms with Gasteiger partial charge < -0.3 is 19.4 Å². The first-order chi connectivity index (χ1) is 9.26. The fourth-order valence-corrected chi connectivity index (χ4v) is 2.04. The van der Waals surface area contributed by atoms with E-state index >= 15 is 0 Å². The van der Waals surface area contributed by atoms with E-state index in [4.69, 9.17) is 9.47 Å². The largest absolute Gasteiger partial charge is 0.383 e. The molecule has 0 aliphatic rings. The number of methoxy groups -OCH3 is 2. The Morgan fingerprint density at radius 3 is 2.47 bits per heavy atom. The number of H-pyrrole nitrogens is 1. The van der Waals surface area contributed by atoms with E-state index in [0.29, 0.717) is 13.2 Å². The normalized spacial score (nSPS) is 11.1. The average molecular weight is 264 g/mol. The Hall–Kier alpha value is -1.66. The highest BCUT2D eigenvalue weighted by Gasteiger charge is 2.13. The van der Waals surface area contributed by atoms with E-state index in [1.807, 2.05) is 6.92 Å². The van der Waals surface area contributed by atoms with Crippen LogP contribution in [0.4, 0.5) is 5.82 Å². The van der Waals surface area contributed by atoms with Crippen LogP contribution in [-0.2, 0) is 9.47 Å². The molecule has 6 nitrogen and oxygen atoms in total. The summed E-state index contributed by atoms with van der Waals surface area (Å²) < 4.78 is 10.3. The molecule has 2 heterocycles. The third-order valence-corrected chi connectivity index (χ3v) is 2.97. The predicted molar refractivity (Wildman–Crippen MR) is 74.6 cm³/mol. The number of fused-ring (bicyclic) bond motifs is 1.